The smallest absolute Gasteiger partial charge is 0.230 e. The number of rotatable bonds is 7. The lowest BCUT2D eigenvalue weighted by atomic mass is 10.1. The molecule has 1 aromatic heterocycles. The number of benzene rings is 1. The third kappa shape index (κ3) is 4.90. The largest absolute Gasteiger partial charge is 0.300 e. The van der Waals surface area contributed by atoms with Crippen LogP contribution in [0.5, 0.6) is 0 Å². The predicted molar refractivity (Wildman–Crippen MR) is 81.9 cm³/mol. The highest BCUT2D eigenvalue weighted by molar-refractivity contribution is 7.15. The summed E-state index contributed by atoms with van der Waals surface area (Å²) in [5.74, 6) is -0.651. The standard InChI is InChI=1S/C15H18FN3OS/c1-2-3-4-9-14-18-19-15(21-14)17-13(20)10-11-7-5-6-8-12(11)16/h5-8H,2-4,9-10H2,1H3,(H,17,19,20). The Morgan fingerprint density at radius 2 is 2.10 bits per heavy atom. The van der Waals surface area contributed by atoms with Crippen molar-refractivity contribution in [3.05, 3.63) is 40.7 Å². The van der Waals surface area contributed by atoms with Crippen molar-refractivity contribution in [2.45, 2.75) is 39.0 Å². The maximum absolute atomic E-state index is 13.5. The number of carbonyl (C=O) groups excluding carboxylic acids is 1. The molecule has 2 rings (SSSR count). The Morgan fingerprint density at radius 1 is 1.29 bits per heavy atom. The Hall–Kier alpha value is -1.82. The molecule has 0 radical (unpaired) electrons. The van der Waals surface area contributed by atoms with Crippen LogP contribution in [0.2, 0.25) is 0 Å². The van der Waals surface area contributed by atoms with E-state index in [-0.39, 0.29) is 18.1 Å². The van der Waals surface area contributed by atoms with Gasteiger partial charge in [0.15, 0.2) is 0 Å². The zero-order chi connectivity index (χ0) is 15.1. The summed E-state index contributed by atoms with van der Waals surface area (Å²) >= 11 is 1.38. The van der Waals surface area contributed by atoms with Gasteiger partial charge >= 0.3 is 0 Å². The van der Waals surface area contributed by atoms with E-state index in [4.69, 9.17) is 0 Å². The fourth-order valence-electron chi connectivity index (χ4n) is 1.91. The summed E-state index contributed by atoms with van der Waals surface area (Å²) < 4.78 is 13.5. The van der Waals surface area contributed by atoms with Gasteiger partial charge in [0.1, 0.15) is 10.8 Å². The van der Waals surface area contributed by atoms with Crippen molar-refractivity contribution in [3.8, 4) is 0 Å². The van der Waals surface area contributed by atoms with E-state index in [1.165, 1.54) is 17.4 Å². The summed E-state index contributed by atoms with van der Waals surface area (Å²) in [5.41, 5.74) is 0.377. The van der Waals surface area contributed by atoms with Crippen molar-refractivity contribution in [1.82, 2.24) is 10.2 Å². The van der Waals surface area contributed by atoms with Gasteiger partial charge in [-0.2, -0.15) is 0 Å². The second kappa shape index (κ2) is 7.83. The van der Waals surface area contributed by atoms with Crippen LogP contribution >= 0.6 is 11.3 Å². The maximum Gasteiger partial charge on any atom is 0.230 e. The molecule has 0 bridgehead atoms. The van der Waals surface area contributed by atoms with Crippen molar-refractivity contribution < 1.29 is 9.18 Å². The number of aryl methyl sites for hydroxylation is 1. The van der Waals surface area contributed by atoms with Crippen molar-refractivity contribution in [2.24, 2.45) is 0 Å². The van der Waals surface area contributed by atoms with Gasteiger partial charge in [0.25, 0.3) is 0 Å². The highest BCUT2D eigenvalue weighted by atomic mass is 32.1. The van der Waals surface area contributed by atoms with Gasteiger partial charge < -0.3 is 5.32 Å². The Bertz CT molecular complexity index is 600. The average molecular weight is 307 g/mol. The van der Waals surface area contributed by atoms with Crippen LogP contribution in [0.15, 0.2) is 24.3 Å². The molecular weight excluding hydrogens is 289 g/mol. The zero-order valence-corrected chi connectivity index (χ0v) is 12.8. The van der Waals surface area contributed by atoms with Gasteiger partial charge in [-0.25, -0.2) is 4.39 Å². The van der Waals surface area contributed by atoms with E-state index < -0.39 is 0 Å². The number of carbonyl (C=O) groups is 1. The minimum Gasteiger partial charge on any atom is -0.300 e. The molecule has 112 valence electrons. The molecule has 0 atom stereocenters. The van der Waals surface area contributed by atoms with E-state index in [1.54, 1.807) is 18.2 Å². The molecule has 0 spiro atoms. The molecule has 1 aromatic carbocycles. The zero-order valence-electron chi connectivity index (χ0n) is 11.9. The first-order valence-corrected chi connectivity index (χ1v) is 7.86. The van der Waals surface area contributed by atoms with Crippen LogP contribution in [0, 0.1) is 5.82 Å². The van der Waals surface area contributed by atoms with Gasteiger partial charge in [0, 0.05) is 6.42 Å². The van der Waals surface area contributed by atoms with Crippen LogP contribution in [-0.4, -0.2) is 16.1 Å². The van der Waals surface area contributed by atoms with Crippen LogP contribution < -0.4 is 5.32 Å². The number of amides is 1. The SMILES string of the molecule is CCCCCc1nnc(NC(=O)Cc2ccccc2F)s1. The number of aromatic nitrogens is 2. The van der Waals surface area contributed by atoms with Crippen molar-refractivity contribution >= 4 is 22.4 Å². The second-order valence-electron chi connectivity index (χ2n) is 4.77. The van der Waals surface area contributed by atoms with Gasteiger partial charge in [-0.05, 0) is 18.1 Å². The normalized spacial score (nSPS) is 10.6. The number of nitrogens with zero attached hydrogens (tertiary/aromatic N) is 2. The Balaban J connectivity index is 1.87. The molecule has 2 aromatic rings. The quantitative estimate of drug-likeness (QED) is 0.795. The van der Waals surface area contributed by atoms with Crippen molar-refractivity contribution in [3.63, 3.8) is 0 Å². The highest BCUT2D eigenvalue weighted by Crippen LogP contribution is 2.18. The molecule has 0 saturated heterocycles. The summed E-state index contributed by atoms with van der Waals surface area (Å²) in [5, 5.41) is 12.1. The fraction of sp³-hybridized carbons (Fsp3) is 0.400. The molecule has 0 aliphatic rings. The summed E-state index contributed by atoms with van der Waals surface area (Å²) in [4.78, 5) is 11.9. The van der Waals surface area contributed by atoms with Gasteiger partial charge in [0.05, 0.1) is 6.42 Å². The lowest BCUT2D eigenvalue weighted by molar-refractivity contribution is -0.115. The molecule has 0 unspecified atom stereocenters. The van der Waals surface area contributed by atoms with Crippen molar-refractivity contribution in [1.29, 1.82) is 0 Å². The van der Waals surface area contributed by atoms with Crippen LogP contribution in [0.3, 0.4) is 0 Å². The van der Waals surface area contributed by atoms with Crippen LogP contribution in [0.1, 0.15) is 36.8 Å². The second-order valence-corrected chi connectivity index (χ2v) is 5.84. The fourth-order valence-corrected chi connectivity index (χ4v) is 2.71. The molecule has 4 nitrogen and oxygen atoms in total. The third-order valence-electron chi connectivity index (χ3n) is 3.02. The van der Waals surface area contributed by atoms with Gasteiger partial charge in [0.2, 0.25) is 11.0 Å². The molecule has 0 aliphatic carbocycles. The topological polar surface area (TPSA) is 54.9 Å². The first-order chi connectivity index (χ1) is 10.2. The maximum atomic E-state index is 13.5. The molecule has 6 heteroatoms. The Labute approximate surface area is 127 Å². The molecule has 1 heterocycles. The molecule has 1 N–H and O–H groups in total. The number of unbranched alkanes of at least 4 members (excludes halogenated alkanes) is 2. The van der Waals surface area contributed by atoms with Crippen molar-refractivity contribution in [2.75, 3.05) is 5.32 Å². The number of nitrogens with one attached hydrogen (secondary N) is 1. The monoisotopic (exact) mass is 307 g/mol. The Kier molecular flexibility index (Phi) is 5.80. The summed E-state index contributed by atoms with van der Waals surface area (Å²) in [7, 11) is 0. The first-order valence-electron chi connectivity index (χ1n) is 7.04. The third-order valence-corrected chi connectivity index (χ3v) is 3.91. The van der Waals surface area contributed by atoms with E-state index in [2.05, 4.69) is 22.4 Å². The minimum atomic E-state index is -0.370. The first kappa shape index (κ1) is 15.6. The Morgan fingerprint density at radius 3 is 2.86 bits per heavy atom. The molecule has 0 aliphatic heterocycles. The minimum absolute atomic E-state index is 0.00256. The van der Waals surface area contributed by atoms with E-state index in [0.29, 0.717) is 10.7 Å². The van der Waals surface area contributed by atoms with E-state index >= 15 is 0 Å². The molecule has 0 fully saturated rings. The van der Waals surface area contributed by atoms with Gasteiger partial charge in [-0.15, -0.1) is 10.2 Å². The van der Waals surface area contributed by atoms with Crippen LogP contribution in [0.25, 0.3) is 0 Å². The summed E-state index contributed by atoms with van der Waals surface area (Å²) in [6.07, 6.45) is 4.28. The van der Waals surface area contributed by atoms with E-state index in [9.17, 15) is 9.18 Å². The summed E-state index contributed by atoms with van der Waals surface area (Å²) in [6, 6.07) is 6.26. The van der Waals surface area contributed by atoms with E-state index in [0.717, 1.165) is 30.7 Å². The number of anilines is 1. The predicted octanol–water partition coefficient (Wildman–Crippen LogP) is 3.59. The highest BCUT2D eigenvalue weighted by Gasteiger charge is 2.11. The van der Waals surface area contributed by atoms with Gasteiger partial charge in [-0.1, -0.05) is 49.3 Å². The molecule has 0 saturated carbocycles. The van der Waals surface area contributed by atoms with Crippen LogP contribution in [0.4, 0.5) is 9.52 Å². The number of halogens is 1. The lowest BCUT2D eigenvalue weighted by Crippen LogP contribution is -2.15. The molecule has 1 amide bonds. The molecule has 21 heavy (non-hydrogen) atoms. The van der Waals surface area contributed by atoms with Crippen LogP contribution in [-0.2, 0) is 17.6 Å². The number of hydrogen-bond donors (Lipinski definition) is 1. The average Bonchev–Trinajstić information content (AvgIpc) is 2.89. The summed E-state index contributed by atoms with van der Waals surface area (Å²) in [6.45, 7) is 2.15. The van der Waals surface area contributed by atoms with Gasteiger partial charge in [-0.3, -0.25) is 4.79 Å². The molecular formula is C15H18FN3OS. The lowest BCUT2D eigenvalue weighted by Gasteiger charge is -2.02. The van der Waals surface area contributed by atoms with E-state index in [1.807, 2.05) is 0 Å². The number of hydrogen-bond acceptors (Lipinski definition) is 4.